The number of hydrogen-bond acceptors (Lipinski definition) is 1. The second-order valence-electron chi connectivity index (χ2n) is 7.86. The largest absolute Gasteiger partial charge is 0.396 e. The zero-order chi connectivity index (χ0) is 13.8. The fraction of sp³-hybridized carbons (Fsp3) is 0.667. The smallest absolute Gasteiger partial charge is 0.0465 e. The summed E-state index contributed by atoms with van der Waals surface area (Å²) in [5.74, 6) is 1.12. The van der Waals surface area contributed by atoms with Gasteiger partial charge in [0.15, 0.2) is 0 Å². The average Bonchev–Trinajstić information content (AvgIpc) is 3.14. The number of aliphatic hydroxyl groups is 1. The van der Waals surface area contributed by atoms with Gasteiger partial charge in [0.05, 0.1) is 0 Å². The highest BCUT2D eigenvalue weighted by Crippen LogP contribution is 2.51. The van der Waals surface area contributed by atoms with Gasteiger partial charge in [0.25, 0.3) is 0 Å². The average molecular weight is 258 g/mol. The Morgan fingerprint density at radius 1 is 1.05 bits per heavy atom. The Hall–Kier alpha value is -0.820. The maximum absolute atomic E-state index is 9.26. The highest BCUT2D eigenvalue weighted by atomic mass is 16.3. The predicted octanol–water partition coefficient (Wildman–Crippen LogP) is 4.13. The third-order valence-corrected chi connectivity index (χ3v) is 5.46. The molecule has 0 aromatic heterocycles. The predicted molar refractivity (Wildman–Crippen MR) is 79.7 cm³/mol. The van der Waals surface area contributed by atoms with Crippen molar-refractivity contribution in [3.8, 4) is 0 Å². The second kappa shape index (κ2) is 4.09. The van der Waals surface area contributed by atoms with E-state index in [9.17, 15) is 5.11 Å². The van der Waals surface area contributed by atoms with Crippen LogP contribution in [0.2, 0.25) is 0 Å². The van der Waals surface area contributed by atoms with Gasteiger partial charge in [0.2, 0.25) is 0 Å². The van der Waals surface area contributed by atoms with Crippen LogP contribution in [0.3, 0.4) is 0 Å². The molecule has 0 radical (unpaired) electrons. The van der Waals surface area contributed by atoms with Gasteiger partial charge < -0.3 is 5.11 Å². The molecule has 0 saturated heterocycles. The van der Waals surface area contributed by atoms with Crippen LogP contribution in [0.1, 0.15) is 69.6 Å². The zero-order valence-electron chi connectivity index (χ0n) is 12.7. The van der Waals surface area contributed by atoms with E-state index in [0.29, 0.717) is 29.3 Å². The third kappa shape index (κ3) is 2.12. The standard InChI is InChI=1S/C18H26O/c1-17(2)7-8-18(3,4)16-10-12(5-6-15(16)17)14-9-13(14)11-19/h5-6,10,13-14,19H,7-9,11H2,1-4H3. The molecule has 0 heterocycles. The minimum Gasteiger partial charge on any atom is -0.396 e. The van der Waals surface area contributed by atoms with E-state index in [4.69, 9.17) is 0 Å². The minimum absolute atomic E-state index is 0.296. The molecule has 0 spiro atoms. The van der Waals surface area contributed by atoms with Crippen molar-refractivity contribution >= 4 is 0 Å². The molecule has 3 rings (SSSR count). The second-order valence-corrected chi connectivity index (χ2v) is 7.86. The Labute approximate surface area is 117 Å². The van der Waals surface area contributed by atoms with Gasteiger partial charge in [-0.15, -0.1) is 0 Å². The molecule has 2 unspecified atom stereocenters. The van der Waals surface area contributed by atoms with Gasteiger partial charge in [-0.05, 0) is 58.6 Å². The van der Waals surface area contributed by atoms with E-state index in [2.05, 4.69) is 45.9 Å². The lowest BCUT2D eigenvalue weighted by Crippen LogP contribution is -2.33. The maximum atomic E-state index is 9.26. The van der Waals surface area contributed by atoms with Crippen LogP contribution >= 0.6 is 0 Å². The SMILES string of the molecule is CC1(C)CCC(C)(C)c2cc(C3CC3CO)ccc21. The van der Waals surface area contributed by atoms with Gasteiger partial charge >= 0.3 is 0 Å². The molecular weight excluding hydrogens is 232 g/mol. The van der Waals surface area contributed by atoms with E-state index in [1.807, 2.05) is 0 Å². The summed E-state index contributed by atoms with van der Waals surface area (Å²) < 4.78 is 0. The number of aliphatic hydroxyl groups excluding tert-OH is 1. The topological polar surface area (TPSA) is 20.2 Å². The Kier molecular flexibility index (Phi) is 2.83. The van der Waals surface area contributed by atoms with Gasteiger partial charge in [-0.2, -0.15) is 0 Å². The molecule has 1 nitrogen and oxygen atoms in total. The first-order valence-corrected chi connectivity index (χ1v) is 7.61. The summed E-state index contributed by atoms with van der Waals surface area (Å²) in [6, 6.07) is 7.11. The third-order valence-electron chi connectivity index (χ3n) is 5.46. The van der Waals surface area contributed by atoms with E-state index in [0.717, 1.165) is 0 Å². The van der Waals surface area contributed by atoms with Gasteiger partial charge in [0.1, 0.15) is 0 Å². The van der Waals surface area contributed by atoms with Crippen LogP contribution in [-0.4, -0.2) is 11.7 Å². The van der Waals surface area contributed by atoms with Crippen LogP contribution in [-0.2, 0) is 10.8 Å². The quantitative estimate of drug-likeness (QED) is 0.845. The normalized spacial score (nSPS) is 30.8. The Balaban J connectivity index is 2.03. The highest BCUT2D eigenvalue weighted by molar-refractivity contribution is 5.45. The monoisotopic (exact) mass is 258 g/mol. The lowest BCUT2D eigenvalue weighted by Gasteiger charge is -2.42. The lowest BCUT2D eigenvalue weighted by atomic mass is 9.63. The molecule has 2 aliphatic carbocycles. The molecular formula is C18H26O. The van der Waals surface area contributed by atoms with Gasteiger partial charge in [-0.25, -0.2) is 0 Å². The first-order valence-electron chi connectivity index (χ1n) is 7.61. The van der Waals surface area contributed by atoms with Crippen molar-refractivity contribution in [1.82, 2.24) is 0 Å². The van der Waals surface area contributed by atoms with Crippen molar-refractivity contribution in [3.63, 3.8) is 0 Å². The Morgan fingerprint density at radius 3 is 2.26 bits per heavy atom. The van der Waals surface area contributed by atoms with Gasteiger partial charge in [-0.1, -0.05) is 45.9 Å². The van der Waals surface area contributed by atoms with Gasteiger partial charge in [-0.3, -0.25) is 0 Å². The molecule has 1 heteroatoms. The van der Waals surface area contributed by atoms with E-state index >= 15 is 0 Å². The number of benzene rings is 1. The van der Waals surface area contributed by atoms with E-state index in [-0.39, 0.29) is 0 Å². The molecule has 104 valence electrons. The summed E-state index contributed by atoms with van der Waals surface area (Å²) in [6.45, 7) is 9.84. The van der Waals surface area contributed by atoms with Crippen molar-refractivity contribution in [2.75, 3.05) is 6.61 Å². The van der Waals surface area contributed by atoms with Crippen LogP contribution in [0.4, 0.5) is 0 Å². The summed E-state index contributed by atoms with van der Waals surface area (Å²) in [5, 5.41) is 9.26. The van der Waals surface area contributed by atoms with E-state index in [1.165, 1.54) is 30.4 Å². The highest BCUT2D eigenvalue weighted by Gasteiger charge is 2.41. The molecule has 19 heavy (non-hydrogen) atoms. The zero-order valence-corrected chi connectivity index (χ0v) is 12.7. The molecule has 2 aliphatic rings. The van der Waals surface area contributed by atoms with Crippen LogP contribution in [0.25, 0.3) is 0 Å². The summed E-state index contributed by atoms with van der Waals surface area (Å²) in [4.78, 5) is 0. The van der Waals surface area contributed by atoms with Crippen molar-refractivity contribution < 1.29 is 5.11 Å². The molecule has 1 aromatic carbocycles. The van der Waals surface area contributed by atoms with Crippen LogP contribution in [0.15, 0.2) is 18.2 Å². The van der Waals surface area contributed by atoms with Crippen molar-refractivity contribution in [2.24, 2.45) is 5.92 Å². The molecule has 2 atom stereocenters. The molecule has 0 aliphatic heterocycles. The van der Waals surface area contributed by atoms with E-state index in [1.54, 1.807) is 5.56 Å². The molecule has 1 N–H and O–H groups in total. The summed E-state index contributed by atoms with van der Waals surface area (Å²) in [7, 11) is 0. The fourth-order valence-corrected chi connectivity index (χ4v) is 3.69. The first-order chi connectivity index (χ1) is 8.85. The number of rotatable bonds is 2. The fourth-order valence-electron chi connectivity index (χ4n) is 3.69. The molecule has 1 fully saturated rings. The molecule has 1 saturated carbocycles. The van der Waals surface area contributed by atoms with Crippen molar-refractivity contribution in [1.29, 1.82) is 0 Å². The van der Waals surface area contributed by atoms with Crippen LogP contribution in [0, 0.1) is 5.92 Å². The van der Waals surface area contributed by atoms with Crippen molar-refractivity contribution in [2.45, 2.75) is 63.7 Å². The first kappa shape index (κ1) is 13.2. The molecule has 0 bridgehead atoms. The summed E-state index contributed by atoms with van der Waals surface area (Å²) >= 11 is 0. The Morgan fingerprint density at radius 2 is 1.68 bits per heavy atom. The van der Waals surface area contributed by atoms with Gasteiger partial charge in [0, 0.05) is 6.61 Å². The van der Waals surface area contributed by atoms with Crippen molar-refractivity contribution in [3.05, 3.63) is 34.9 Å². The van der Waals surface area contributed by atoms with Crippen LogP contribution in [0.5, 0.6) is 0 Å². The summed E-state index contributed by atoms with van der Waals surface area (Å²) in [5.41, 5.74) is 5.13. The van der Waals surface area contributed by atoms with Crippen LogP contribution < -0.4 is 0 Å². The Bertz CT molecular complexity index is 498. The maximum Gasteiger partial charge on any atom is 0.0465 e. The minimum atomic E-state index is 0.296. The molecule has 0 amide bonds. The lowest BCUT2D eigenvalue weighted by molar-refractivity contribution is 0.274. The molecule has 1 aromatic rings. The summed E-state index contributed by atoms with van der Waals surface area (Å²) in [6.07, 6.45) is 3.71. The number of fused-ring (bicyclic) bond motifs is 1. The van der Waals surface area contributed by atoms with E-state index < -0.39 is 0 Å². The number of hydrogen-bond donors (Lipinski definition) is 1.